The highest BCUT2D eigenvalue weighted by Crippen LogP contribution is 2.45. The van der Waals surface area contributed by atoms with Crippen LogP contribution >= 0.6 is 11.6 Å². The largest absolute Gasteiger partial charge is 0.497 e. The maximum Gasteiger partial charge on any atom is 0.332 e. The minimum Gasteiger partial charge on any atom is -0.497 e. The molecule has 5 aromatic rings. The number of hydrogen-bond acceptors (Lipinski definition) is 4. The van der Waals surface area contributed by atoms with E-state index in [2.05, 4.69) is 10.3 Å². The van der Waals surface area contributed by atoms with Gasteiger partial charge in [0.2, 0.25) is 0 Å². The number of carbonyl (C=O) groups is 3. The van der Waals surface area contributed by atoms with Gasteiger partial charge in [0.1, 0.15) is 17.8 Å². The number of amides is 4. The number of anilines is 1. The summed E-state index contributed by atoms with van der Waals surface area (Å²) in [6.07, 6.45) is 0.359. The van der Waals surface area contributed by atoms with Crippen LogP contribution in [0.3, 0.4) is 0 Å². The molecule has 2 N–H and O–H groups in total. The number of benzene rings is 4. The molecule has 2 atom stereocenters. The van der Waals surface area contributed by atoms with Crippen molar-refractivity contribution in [1.82, 2.24) is 15.2 Å². The second-order valence-electron chi connectivity index (χ2n) is 10.6. The molecule has 8 nitrogen and oxygen atoms in total. The van der Waals surface area contributed by atoms with Crippen LogP contribution in [0, 0.1) is 0 Å². The molecule has 2 aliphatic rings. The first kappa shape index (κ1) is 26.8. The number of fused-ring (bicyclic) bond motifs is 4. The fraction of sp³-hybridized carbons (Fsp3) is 0.147. The first-order chi connectivity index (χ1) is 20.9. The highest BCUT2D eigenvalue weighted by atomic mass is 35.5. The van der Waals surface area contributed by atoms with Gasteiger partial charge in [-0.05, 0) is 59.2 Å². The summed E-state index contributed by atoms with van der Waals surface area (Å²) in [5, 5.41) is 4.54. The fourth-order valence-corrected chi connectivity index (χ4v) is 6.30. The van der Waals surface area contributed by atoms with Crippen LogP contribution in [0.4, 0.5) is 10.5 Å². The number of aromatic nitrogens is 1. The smallest absolute Gasteiger partial charge is 0.332 e. The number of H-pyrrole nitrogens is 1. The lowest BCUT2D eigenvalue weighted by Crippen LogP contribution is -2.44. The van der Waals surface area contributed by atoms with Gasteiger partial charge in [0.05, 0.1) is 18.4 Å². The van der Waals surface area contributed by atoms with Gasteiger partial charge in [-0.3, -0.25) is 14.5 Å². The number of halogens is 1. The van der Waals surface area contributed by atoms with Crippen molar-refractivity contribution < 1.29 is 19.1 Å². The van der Waals surface area contributed by atoms with Crippen LogP contribution in [0.25, 0.3) is 10.9 Å². The molecule has 1 aromatic heterocycles. The van der Waals surface area contributed by atoms with Crippen molar-refractivity contribution in [3.05, 3.63) is 130 Å². The fourth-order valence-electron chi connectivity index (χ4n) is 6.17. The number of hydrogen-bond donors (Lipinski definition) is 2. The highest BCUT2D eigenvalue weighted by Gasteiger charge is 2.53. The van der Waals surface area contributed by atoms with Gasteiger partial charge in [0.25, 0.3) is 11.8 Å². The summed E-state index contributed by atoms with van der Waals surface area (Å²) in [5.41, 5.74) is 5.04. The van der Waals surface area contributed by atoms with Gasteiger partial charge in [-0.1, -0.05) is 66.2 Å². The average Bonchev–Trinajstić information content (AvgIpc) is 3.53. The van der Waals surface area contributed by atoms with Crippen LogP contribution in [0.2, 0.25) is 5.02 Å². The highest BCUT2D eigenvalue weighted by molar-refractivity contribution is 6.30. The number of para-hydroxylation sites is 2. The molecule has 4 aromatic carbocycles. The number of nitrogens with zero attached hydrogens (tertiary/aromatic N) is 2. The zero-order chi connectivity index (χ0) is 29.7. The number of rotatable bonds is 6. The van der Waals surface area contributed by atoms with E-state index in [0.29, 0.717) is 17.2 Å². The van der Waals surface area contributed by atoms with E-state index < -0.39 is 18.1 Å². The van der Waals surface area contributed by atoms with Crippen LogP contribution in [-0.4, -0.2) is 40.9 Å². The Balaban J connectivity index is 1.27. The van der Waals surface area contributed by atoms with Gasteiger partial charge >= 0.3 is 6.03 Å². The standard InChI is InChI=1S/C34H27ClN4O4/c1-43-23-16-12-21(13-17-23)31-30-26(24-6-2-4-8-27(24)37-30)18-29-33(41)39(34(42)38(29)31)28-9-5-3-7-25(28)32(40)36-19-20-10-14-22(35)15-11-20/h2-17,29,31,37H,18-19H2,1H3,(H,36,40)/t29-,31?/m0/s1. The van der Waals surface area contributed by atoms with Gasteiger partial charge in [-0.15, -0.1) is 0 Å². The van der Waals surface area contributed by atoms with Gasteiger partial charge in [0.15, 0.2) is 0 Å². The van der Waals surface area contributed by atoms with Crippen molar-refractivity contribution >= 4 is 46.0 Å². The third-order valence-corrected chi connectivity index (χ3v) is 8.49. The van der Waals surface area contributed by atoms with E-state index in [4.69, 9.17) is 16.3 Å². The Bertz CT molecular complexity index is 1880. The van der Waals surface area contributed by atoms with Crippen molar-refractivity contribution in [2.75, 3.05) is 12.0 Å². The Hall–Kier alpha value is -5.08. The summed E-state index contributed by atoms with van der Waals surface area (Å²) in [6, 6.07) is 27.6. The summed E-state index contributed by atoms with van der Waals surface area (Å²) < 4.78 is 5.37. The van der Waals surface area contributed by atoms with E-state index in [-0.39, 0.29) is 29.6 Å². The average molecular weight is 591 g/mol. The van der Waals surface area contributed by atoms with E-state index in [1.807, 2.05) is 60.7 Å². The first-order valence-corrected chi connectivity index (χ1v) is 14.3. The Morgan fingerprint density at radius 2 is 1.67 bits per heavy atom. The number of ether oxygens (including phenoxy) is 1. The molecule has 1 saturated heterocycles. The molecule has 0 spiro atoms. The van der Waals surface area contributed by atoms with Gasteiger partial charge < -0.3 is 15.0 Å². The molecule has 3 heterocycles. The molecule has 214 valence electrons. The van der Waals surface area contributed by atoms with Crippen LogP contribution in [0.15, 0.2) is 97.1 Å². The predicted octanol–water partition coefficient (Wildman–Crippen LogP) is 6.24. The van der Waals surface area contributed by atoms with Gasteiger partial charge in [-0.25, -0.2) is 9.69 Å². The zero-order valence-corrected chi connectivity index (χ0v) is 24.0. The molecule has 1 unspecified atom stereocenters. The molecule has 43 heavy (non-hydrogen) atoms. The maximum absolute atomic E-state index is 14.3. The van der Waals surface area contributed by atoms with Crippen molar-refractivity contribution in [1.29, 1.82) is 0 Å². The Kier molecular flexibility index (Phi) is 6.63. The predicted molar refractivity (Wildman–Crippen MR) is 164 cm³/mol. The molecule has 7 rings (SSSR count). The summed E-state index contributed by atoms with van der Waals surface area (Å²) in [7, 11) is 1.60. The summed E-state index contributed by atoms with van der Waals surface area (Å²) in [6.45, 7) is 0.266. The lowest BCUT2D eigenvalue weighted by Gasteiger charge is -2.36. The monoisotopic (exact) mass is 590 g/mol. The Morgan fingerprint density at radius 1 is 0.953 bits per heavy atom. The second kappa shape index (κ2) is 10.6. The topological polar surface area (TPSA) is 94.7 Å². The minimum atomic E-state index is -0.739. The lowest BCUT2D eigenvalue weighted by molar-refractivity contribution is -0.120. The van der Waals surface area contributed by atoms with E-state index in [0.717, 1.165) is 38.2 Å². The lowest BCUT2D eigenvalue weighted by atomic mass is 9.89. The summed E-state index contributed by atoms with van der Waals surface area (Å²) in [5.74, 6) is -0.0618. The van der Waals surface area contributed by atoms with E-state index in [1.165, 1.54) is 0 Å². The van der Waals surface area contributed by atoms with Crippen LogP contribution in [0.1, 0.15) is 38.8 Å². The first-order valence-electron chi connectivity index (χ1n) is 14.0. The minimum absolute atomic E-state index is 0.239. The van der Waals surface area contributed by atoms with E-state index >= 15 is 0 Å². The molecule has 0 saturated carbocycles. The SMILES string of the molecule is COc1ccc(C2c3[nH]c4ccccc4c3C[C@H]3C(=O)N(c4ccccc4C(=O)NCc4ccc(Cl)cc4)C(=O)N23)cc1. The second-order valence-corrected chi connectivity index (χ2v) is 11.1. The number of carbonyl (C=O) groups excluding carboxylic acids is 3. The molecule has 1 fully saturated rings. The quantitative estimate of drug-likeness (QED) is 0.229. The normalized spacial score (nSPS) is 17.6. The molecular weight excluding hydrogens is 564 g/mol. The third kappa shape index (κ3) is 4.51. The van der Waals surface area contributed by atoms with Crippen LogP contribution in [-0.2, 0) is 17.8 Å². The van der Waals surface area contributed by atoms with Gasteiger partial charge in [0, 0.05) is 34.6 Å². The number of nitrogens with one attached hydrogen (secondary N) is 2. The van der Waals surface area contributed by atoms with Crippen LogP contribution in [0.5, 0.6) is 5.75 Å². The van der Waals surface area contributed by atoms with Crippen molar-refractivity contribution in [3.8, 4) is 5.75 Å². The number of methoxy groups -OCH3 is 1. The molecule has 0 radical (unpaired) electrons. The Labute approximate surface area is 252 Å². The zero-order valence-electron chi connectivity index (χ0n) is 23.2. The number of aromatic amines is 1. The van der Waals surface area contributed by atoms with E-state index in [1.54, 1.807) is 48.4 Å². The molecule has 0 aliphatic carbocycles. The number of urea groups is 1. The Morgan fingerprint density at radius 3 is 2.44 bits per heavy atom. The van der Waals surface area contributed by atoms with Crippen molar-refractivity contribution in [2.24, 2.45) is 0 Å². The number of imide groups is 1. The third-order valence-electron chi connectivity index (χ3n) is 8.24. The summed E-state index contributed by atoms with van der Waals surface area (Å²) >= 11 is 5.99. The van der Waals surface area contributed by atoms with Gasteiger partial charge in [-0.2, -0.15) is 0 Å². The molecule has 4 amide bonds. The molecule has 2 aliphatic heterocycles. The molecular formula is C34H27ClN4O4. The van der Waals surface area contributed by atoms with Crippen molar-refractivity contribution in [2.45, 2.75) is 25.0 Å². The van der Waals surface area contributed by atoms with Crippen molar-refractivity contribution in [3.63, 3.8) is 0 Å². The maximum atomic E-state index is 14.3. The van der Waals surface area contributed by atoms with Crippen LogP contribution < -0.4 is 15.0 Å². The molecule has 9 heteroatoms. The molecule has 0 bridgehead atoms. The van der Waals surface area contributed by atoms with E-state index in [9.17, 15) is 14.4 Å². The summed E-state index contributed by atoms with van der Waals surface area (Å²) in [4.78, 5) is 48.2.